The van der Waals surface area contributed by atoms with Gasteiger partial charge < -0.3 is 9.84 Å². The highest BCUT2D eigenvalue weighted by atomic mass is 32.2. The molecule has 1 heterocycles. The normalized spacial score (nSPS) is 9.90. The highest BCUT2D eigenvalue weighted by molar-refractivity contribution is 7.98. The zero-order chi connectivity index (χ0) is 14.2. The molecule has 2 aromatic rings. The average Bonchev–Trinajstić information content (AvgIpc) is 2.93. The Labute approximate surface area is 127 Å². The lowest BCUT2D eigenvalue weighted by molar-refractivity contribution is 0.305. The molecule has 0 saturated carbocycles. The van der Waals surface area contributed by atoms with E-state index in [4.69, 9.17) is 9.84 Å². The van der Waals surface area contributed by atoms with Gasteiger partial charge in [0.25, 0.3) is 0 Å². The number of hydrogen-bond donors (Lipinski definition) is 1. The molecule has 0 saturated heterocycles. The van der Waals surface area contributed by atoms with E-state index in [9.17, 15) is 0 Å². The molecule has 0 atom stereocenters. The molecule has 0 bridgehead atoms. The van der Waals surface area contributed by atoms with Crippen LogP contribution in [-0.4, -0.2) is 18.8 Å². The largest absolute Gasteiger partial charge is 0.496 e. The second-order valence-electron chi connectivity index (χ2n) is 3.98. The van der Waals surface area contributed by atoms with Crippen LogP contribution in [-0.2, 0) is 5.75 Å². The average molecular weight is 304 g/mol. The van der Waals surface area contributed by atoms with Gasteiger partial charge in [0.2, 0.25) is 0 Å². The Bertz CT molecular complexity index is 608. The lowest BCUT2D eigenvalue weighted by Gasteiger charge is -2.06. The van der Waals surface area contributed by atoms with E-state index in [0.29, 0.717) is 6.42 Å². The van der Waals surface area contributed by atoms with Crippen LogP contribution in [0.2, 0.25) is 0 Å². The van der Waals surface area contributed by atoms with Crippen molar-refractivity contribution in [2.75, 3.05) is 13.7 Å². The minimum absolute atomic E-state index is 0.120. The monoisotopic (exact) mass is 304 g/mol. The van der Waals surface area contributed by atoms with E-state index in [-0.39, 0.29) is 6.61 Å². The predicted molar refractivity (Wildman–Crippen MR) is 85.5 cm³/mol. The molecule has 1 aromatic heterocycles. The van der Waals surface area contributed by atoms with Crippen molar-refractivity contribution < 1.29 is 9.84 Å². The number of thioether (sulfide) groups is 1. The quantitative estimate of drug-likeness (QED) is 0.673. The third-order valence-corrected chi connectivity index (χ3v) is 4.84. The molecule has 1 aromatic carbocycles. The lowest BCUT2D eigenvalue weighted by Crippen LogP contribution is -1.85. The Morgan fingerprint density at radius 2 is 2.10 bits per heavy atom. The van der Waals surface area contributed by atoms with Gasteiger partial charge in [-0.05, 0) is 24.3 Å². The number of para-hydroxylation sites is 1. The molecule has 2 nitrogen and oxygen atoms in total. The molecule has 0 amide bonds. The van der Waals surface area contributed by atoms with Crippen molar-refractivity contribution in [3.8, 4) is 17.6 Å². The number of hydrogen-bond acceptors (Lipinski definition) is 4. The summed E-state index contributed by atoms with van der Waals surface area (Å²) >= 11 is 3.46. The van der Waals surface area contributed by atoms with Gasteiger partial charge in [0.15, 0.2) is 0 Å². The minimum atomic E-state index is 0.120. The summed E-state index contributed by atoms with van der Waals surface area (Å²) < 4.78 is 5.34. The number of methoxy groups -OCH3 is 1. The molecule has 0 spiro atoms. The number of benzene rings is 1. The molecule has 2 rings (SSSR count). The summed E-state index contributed by atoms with van der Waals surface area (Å²) in [6, 6.07) is 12.2. The van der Waals surface area contributed by atoms with E-state index in [1.165, 1.54) is 4.88 Å². The Morgan fingerprint density at radius 1 is 1.25 bits per heavy atom. The second-order valence-corrected chi connectivity index (χ2v) is 6.17. The van der Waals surface area contributed by atoms with Crippen LogP contribution in [0.15, 0.2) is 41.3 Å². The Morgan fingerprint density at radius 3 is 2.90 bits per heavy atom. The summed E-state index contributed by atoms with van der Waals surface area (Å²) in [5.74, 6) is 7.82. The summed E-state index contributed by atoms with van der Waals surface area (Å²) in [5, 5.41) is 8.69. The predicted octanol–water partition coefficient (Wildman–Crippen LogP) is 3.78. The van der Waals surface area contributed by atoms with Crippen molar-refractivity contribution in [3.63, 3.8) is 0 Å². The molecular weight excluding hydrogens is 288 g/mol. The van der Waals surface area contributed by atoms with Crippen LogP contribution in [0.25, 0.3) is 0 Å². The molecule has 0 unspecified atom stereocenters. The third kappa shape index (κ3) is 4.31. The molecule has 1 N–H and O–H groups in total. The summed E-state index contributed by atoms with van der Waals surface area (Å²) in [4.78, 5) is 3.49. The maximum absolute atomic E-state index is 8.69. The van der Waals surface area contributed by atoms with Crippen LogP contribution in [0.3, 0.4) is 0 Å². The zero-order valence-corrected chi connectivity index (χ0v) is 12.9. The van der Waals surface area contributed by atoms with Crippen LogP contribution >= 0.6 is 23.1 Å². The molecule has 0 aliphatic rings. The first-order valence-electron chi connectivity index (χ1n) is 6.27. The lowest BCUT2D eigenvalue weighted by atomic mass is 10.3. The molecule has 20 heavy (non-hydrogen) atoms. The van der Waals surface area contributed by atoms with Crippen molar-refractivity contribution in [1.29, 1.82) is 0 Å². The van der Waals surface area contributed by atoms with Crippen LogP contribution in [0.4, 0.5) is 0 Å². The molecular formula is C16H16O2S2. The van der Waals surface area contributed by atoms with E-state index < -0.39 is 0 Å². The van der Waals surface area contributed by atoms with E-state index in [1.54, 1.807) is 30.2 Å². The van der Waals surface area contributed by atoms with E-state index in [1.807, 2.05) is 24.3 Å². The van der Waals surface area contributed by atoms with E-state index in [2.05, 4.69) is 24.0 Å². The van der Waals surface area contributed by atoms with Gasteiger partial charge in [-0.25, -0.2) is 0 Å². The Balaban J connectivity index is 1.96. The van der Waals surface area contributed by atoms with Gasteiger partial charge in [0, 0.05) is 21.9 Å². The van der Waals surface area contributed by atoms with Gasteiger partial charge in [-0.15, -0.1) is 23.1 Å². The summed E-state index contributed by atoms with van der Waals surface area (Å²) in [5.41, 5.74) is 0. The fourth-order valence-corrected chi connectivity index (χ4v) is 3.57. The fourth-order valence-electron chi connectivity index (χ4n) is 1.62. The molecule has 104 valence electrons. The molecule has 0 radical (unpaired) electrons. The van der Waals surface area contributed by atoms with Gasteiger partial charge >= 0.3 is 0 Å². The minimum Gasteiger partial charge on any atom is -0.496 e. The highest BCUT2D eigenvalue weighted by Crippen LogP contribution is 2.32. The first-order valence-corrected chi connectivity index (χ1v) is 8.08. The van der Waals surface area contributed by atoms with E-state index in [0.717, 1.165) is 21.3 Å². The van der Waals surface area contributed by atoms with Crippen molar-refractivity contribution >= 4 is 23.1 Å². The first kappa shape index (κ1) is 15.0. The van der Waals surface area contributed by atoms with Crippen molar-refractivity contribution in [2.24, 2.45) is 0 Å². The number of aliphatic hydroxyl groups excluding tert-OH is 1. The SMILES string of the molecule is COc1ccccc1SCc1ccc(C#CCCO)s1. The van der Waals surface area contributed by atoms with Gasteiger partial charge in [0.05, 0.1) is 18.6 Å². The second kappa shape index (κ2) is 8.01. The standard InChI is InChI=1S/C16H16O2S2/c1-18-15-7-2-3-8-16(15)19-12-14-10-9-13(20-14)6-4-5-11-17/h2-3,7-10,17H,5,11-12H2,1H3. The van der Waals surface area contributed by atoms with Crippen molar-refractivity contribution in [2.45, 2.75) is 17.1 Å². The van der Waals surface area contributed by atoms with Gasteiger partial charge in [0.1, 0.15) is 5.75 Å². The summed E-state index contributed by atoms with van der Waals surface area (Å²) in [6.07, 6.45) is 0.531. The molecule has 0 fully saturated rings. The summed E-state index contributed by atoms with van der Waals surface area (Å²) in [6.45, 7) is 0.120. The zero-order valence-electron chi connectivity index (χ0n) is 11.3. The maximum atomic E-state index is 8.69. The van der Waals surface area contributed by atoms with Crippen molar-refractivity contribution in [3.05, 3.63) is 46.2 Å². The van der Waals surface area contributed by atoms with Crippen LogP contribution in [0, 0.1) is 11.8 Å². The van der Waals surface area contributed by atoms with E-state index >= 15 is 0 Å². The molecule has 4 heteroatoms. The number of ether oxygens (including phenoxy) is 1. The maximum Gasteiger partial charge on any atom is 0.132 e. The molecule has 0 aliphatic carbocycles. The van der Waals surface area contributed by atoms with Crippen LogP contribution in [0.5, 0.6) is 5.75 Å². The highest BCUT2D eigenvalue weighted by Gasteiger charge is 2.04. The third-order valence-electron chi connectivity index (χ3n) is 2.55. The number of thiophene rings is 1. The Kier molecular flexibility index (Phi) is 6.00. The fraction of sp³-hybridized carbons (Fsp3) is 0.250. The van der Waals surface area contributed by atoms with Gasteiger partial charge in [-0.3, -0.25) is 0 Å². The van der Waals surface area contributed by atoms with Crippen molar-refractivity contribution in [1.82, 2.24) is 0 Å². The van der Waals surface area contributed by atoms with Gasteiger partial charge in [-0.1, -0.05) is 24.0 Å². The van der Waals surface area contributed by atoms with Gasteiger partial charge in [-0.2, -0.15) is 0 Å². The smallest absolute Gasteiger partial charge is 0.132 e. The topological polar surface area (TPSA) is 29.5 Å². The Hall–Kier alpha value is -1.41. The van der Waals surface area contributed by atoms with Crippen LogP contribution in [0.1, 0.15) is 16.2 Å². The van der Waals surface area contributed by atoms with Crippen LogP contribution < -0.4 is 4.74 Å². The first-order chi connectivity index (χ1) is 9.83. The summed E-state index contributed by atoms with van der Waals surface area (Å²) in [7, 11) is 1.69. The number of aliphatic hydroxyl groups is 1. The number of rotatable bonds is 5. The molecule has 0 aliphatic heterocycles.